The summed E-state index contributed by atoms with van der Waals surface area (Å²) in [5.41, 5.74) is 9.51. The molecule has 0 rings (SSSR count). The molecule has 0 aliphatic carbocycles. The van der Waals surface area contributed by atoms with E-state index in [0.29, 0.717) is 0 Å². The number of carbonyl (C=O) groups is 3. The Morgan fingerprint density at radius 3 is 1.93 bits per heavy atom. The summed E-state index contributed by atoms with van der Waals surface area (Å²) in [6.45, 7) is 1.68. The molecule has 8 nitrogen and oxygen atoms in total. The minimum absolute atomic E-state index is 0.107. The van der Waals surface area contributed by atoms with E-state index in [4.69, 9.17) is 11.5 Å². The summed E-state index contributed by atoms with van der Waals surface area (Å²) in [5, 5.41) is 3.90. The van der Waals surface area contributed by atoms with Crippen molar-refractivity contribution in [2.45, 2.75) is 13.1 Å². The van der Waals surface area contributed by atoms with Crippen molar-refractivity contribution in [2.75, 3.05) is 6.61 Å². The Hall–Kier alpha value is -1.99. The Morgan fingerprint density at radius 1 is 1.21 bits per heavy atom. The highest BCUT2D eigenvalue weighted by atomic mass is 16.5. The monoisotopic (exact) mass is 204 g/mol. The van der Waals surface area contributed by atoms with Gasteiger partial charge in [0.25, 0.3) is 0 Å². The van der Waals surface area contributed by atoms with Crippen LogP contribution in [0.3, 0.4) is 0 Å². The van der Waals surface area contributed by atoms with Crippen LogP contribution in [-0.2, 0) is 9.53 Å². The molecule has 0 aromatic heterocycles. The highest BCUT2D eigenvalue weighted by molar-refractivity contribution is 5.86. The zero-order valence-corrected chi connectivity index (χ0v) is 7.57. The van der Waals surface area contributed by atoms with Crippen LogP contribution in [0.1, 0.15) is 6.92 Å². The first kappa shape index (κ1) is 12.0. The Balaban J connectivity index is 4.29. The Kier molecular flexibility index (Phi) is 4.82. The average molecular weight is 204 g/mol. The number of nitrogens with one attached hydrogen (secondary N) is 2. The standard InChI is InChI=1S/C6H12N4O4/c1-2-14-4(11)3(9-5(7)12)10-6(8)13/h3H,2H2,1H3,(H3,7,9,12)(H3,8,10,13). The normalized spacial score (nSPS) is 9.29. The van der Waals surface area contributed by atoms with Crippen LogP contribution < -0.4 is 22.1 Å². The molecule has 0 aliphatic rings. The molecular weight excluding hydrogens is 192 g/mol. The van der Waals surface area contributed by atoms with Gasteiger partial charge in [-0.2, -0.15) is 0 Å². The van der Waals surface area contributed by atoms with Crippen LogP contribution in [0.4, 0.5) is 9.59 Å². The predicted octanol–water partition coefficient (Wildman–Crippen LogP) is -1.79. The topological polar surface area (TPSA) is 137 Å². The summed E-state index contributed by atoms with van der Waals surface area (Å²) in [6.07, 6.45) is -1.36. The van der Waals surface area contributed by atoms with E-state index in [1.54, 1.807) is 6.92 Å². The molecule has 0 heterocycles. The molecule has 0 spiro atoms. The largest absolute Gasteiger partial charge is 0.463 e. The molecule has 0 aromatic rings. The number of rotatable bonds is 4. The van der Waals surface area contributed by atoms with Gasteiger partial charge in [-0.15, -0.1) is 0 Å². The van der Waals surface area contributed by atoms with Gasteiger partial charge in [-0.3, -0.25) is 0 Å². The molecule has 0 unspecified atom stereocenters. The van der Waals surface area contributed by atoms with Crippen LogP contribution in [0.5, 0.6) is 0 Å². The lowest BCUT2D eigenvalue weighted by Gasteiger charge is -2.15. The fourth-order valence-electron chi connectivity index (χ4n) is 0.664. The van der Waals surface area contributed by atoms with Gasteiger partial charge in [0.05, 0.1) is 6.61 Å². The van der Waals surface area contributed by atoms with Gasteiger partial charge in [0.1, 0.15) is 0 Å². The number of hydrogen-bond acceptors (Lipinski definition) is 4. The van der Waals surface area contributed by atoms with Gasteiger partial charge < -0.3 is 26.8 Å². The first-order chi connectivity index (χ1) is 6.47. The van der Waals surface area contributed by atoms with Gasteiger partial charge in [0.2, 0.25) is 6.17 Å². The third-order valence-electron chi connectivity index (χ3n) is 1.10. The van der Waals surface area contributed by atoms with E-state index in [1.165, 1.54) is 0 Å². The summed E-state index contributed by atoms with van der Waals surface area (Å²) in [6, 6.07) is -1.95. The number of esters is 1. The predicted molar refractivity (Wildman–Crippen MR) is 45.9 cm³/mol. The Labute approximate surface area is 79.9 Å². The highest BCUT2D eigenvalue weighted by Crippen LogP contribution is 1.85. The number of hydrogen-bond donors (Lipinski definition) is 4. The van der Waals surface area contributed by atoms with Crippen molar-refractivity contribution in [1.29, 1.82) is 0 Å². The third-order valence-corrected chi connectivity index (χ3v) is 1.10. The first-order valence-electron chi connectivity index (χ1n) is 3.76. The second-order valence-corrected chi connectivity index (χ2v) is 2.20. The summed E-state index contributed by atoms with van der Waals surface area (Å²) >= 11 is 0. The number of carbonyl (C=O) groups excluding carboxylic acids is 3. The molecule has 0 saturated heterocycles. The van der Waals surface area contributed by atoms with Crippen molar-refractivity contribution in [3.63, 3.8) is 0 Å². The second kappa shape index (κ2) is 5.62. The number of ether oxygens (including phenoxy) is 1. The van der Waals surface area contributed by atoms with Gasteiger partial charge in [-0.05, 0) is 6.92 Å². The van der Waals surface area contributed by atoms with Crippen molar-refractivity contribution < 1.29 is 19.1 Å². The maximum Gasteiger partial charge on any atom is 0.349 e. The minimum atomic E-state index is -1.36. The summed E-state index contributed by atoms with van der Waals surface area (Å²) in [4.78, 5) is 31.9. The number of urea groups is 2. The molecule has 6 N–H and O–H groups in total. The molecular formula is C6H12N4O4. The van der Waals surface area contributed by atoms with E-state index in [0.717, 1.165) is 0 Å². The summed E-state index contributed by atoms with van der Waals surface area (Å²) < 4.78 is 4.53. The lowest BCUT2D eigenvalue weighted by Crippen LogP contribution is -2.56. The number of primary amides is 2. The number of amides is 4. The maximum atomic E-state index is 11.1. The maximum absolute atomic E-state index is 11.1. The van der Waals surface area contributed by atoms with Crippen LogP contribution >= 0.6 is 0 Å². The second-order valence-electron chi connectivity index (χ2n) is 2.20. The van der Waals surface area contributed by atoms with E-state index in [-0.39, 0.29) is 6.61 Å². The van der Waals surface area contributed by atoms with Crippen LogP contribution in [-0.4, -0.2) is 30.8 Å². The van der Waals surface area contributed by atoms with Crippen molar-refractivity contribution in [2.24, 2.45) is 11.5 Å². The molecule has 14 heavy (non-hydrogen) atoms. The van der Waals surface area contributed by atoms with Gasteiger partial charge in [0, 0.05) is 0 Å². The van der Waals surface area contributed by atoms with Crippen molar-refractivity contribution in [3.8, 4) is 0 Å². The third kappa shape index (κ3) is 4.80. The van der Waals surface area contributed by atoms with Gasteiger partial charge in [0.15, 0.2) is 0 Å². The van der Waals surface area contributed by atoms with Crippen LogP contribution in [0.25, 0.3) is 0 Å². The minimum Gasteiger partial charge on any atom is -0.463 e. The van der Waals surface area contributed by atoms with Crippen LogP contribution in [0.2, 0.25) is 0 Å². The number of nitrogens with two attached hydrogens (primary N) is 2. The first-order valence-corrected chi connectivity index (χ1v) is 3.76. The van der Waals surface area contributed by atoms with Crippen LogP contribution in [0.15, 0.2) is 0 Å². The summed E-state index contributed by atoms with van der Waals surface area (Å²) in [7, 11) is 0. The Bertz CT molecular complexity index is 226. The van der Waals surface area contributed by atoms with Crippen molar-refractivity contribution >= 4 is 18.0 Å². The van der Waals surface area contributed by atoms with E-state index in [2.05, 4.69) is 4.74 Å². The highest BCUT2D eigenvalue weighted by Gasteiger charge is 2.21. The molecule has 0 radical (unpaired) electrons. The van der Waals surface area contributed by atoms with E-state index in [9.17, 15) is 14.4 Å². The molecule has 0 saturated carbocycles. The molecule has 80 valence electrons. The molecule has 0 aliphatic heterocycles. The van der Waals surface area contributed by atoms with Gasteiger partial charge in [-0.1, -0.05) is 0 Å². The van der Waals surface area contributed by atoms with Crippen molar-refractivity contribution in [3.05, 3.63) is 0 Å². The Morgan fingerprint density at radius 2 is 1.64 bits per heavy atom. The quantitative estimate of drug-likeness (QED) is 0.317. The van der Waals surface area contributed by atoms with Gasteiger partial charge in [-0.25, -0.2) is 14.4 Å². The molecule has 0 aromatic carbocycles. The smallest absolute Gasteiger partial charge is 0.349 e. The lowest BCUT2D eigenvalue weighted by atomic mass is 10.5. The lowest BCUT2D eigenvalue weighted by molar-refractivity contribution is -0.145. The van der Waals surface area contributed by atoms with Crippen LogP contribution in [0, 0.1) is 0 Å². The van der Waals surface area contributed by atoms with E-state index < -0.39 is 24.2 Å². The molecule has 0 atom stereocenters. The molecule has 4 amide bonds. The van der Waals surface area contributed by atoms with Crippen molar-refractivity contribution in [1.82, 2.24) is 10.6 Å². The zero-order chi connectivity index (χ0) is 11.1. The zero-order valence-electron chi connectivity index (χ0n) is 7.57. The summed E-state index contributed by atoms with van der Waals surface area (Å²) in [5.74, 6) is -0.842. The SMILES string of the molecule is CCOC(=O)C(NC(N)=O)NC(N)=O. The molecule has 0 bridgehead atoms. The van der Waals surface area contributed by atoms with Gasteiger partial charge >= 0.3 is 18.0 Å². The molecule has 0 fully saturated rings. The fraction of sp³-hybridized carbons (Fsp3) is 0.500. The molecule has 8 heteroatoms. The van der Waals surface area contributed by atoms with E-state index >= 15 is 0 Å². The average Bonchev–Trinajstić information content (AvgIpc) is 2.01. The van der Waals surface area contributed by atoms with E-state index in [1.807, 2.05) is 10.6 Å². The fourth-order valence-corrected chi connectivity index (χ4v) is 0.664.